The number of nitro groups is 1. The van der Waals surface area contributed by atoms with Crippen LogP contribution in [0, 0.1) is 10.1 Å². The van der Waals surface area contributed by atoms with E-state index in [1.54, 1.807) is 25.1 Å². The average molecular weight is 264 g/mol. The molecule has 1 saturated heterocycles. The second-order valence-corrected chi connectivity index (χ2v) is 4.72. The van der Waals surface area contributed by atoms with Crippen LogP contribution in [0.4, 0.5) is 11.5 Å². The molecular formula is C12H16N4O3. The maximum atomic E-state index is 12.1. The molecule has 1 amide bonds. The highest BCUT2D eigenvalue weighted by Gasteiger charge is 2.32. The lowest BCUT2D eigenvalue weighted by atomic mass is 10.2. The van der Waals surface area contributed by atoms with Crippen LogP contribution < -0.4 is 4.90 Å². The van der Waals surface area contributed by atoms with E-state index < -0.39 is 4.92 Å². The van der Waals surface area contributed by atoms with E-state index in [1.807, 2.05) is 4.90 Å². The lowest BCUT2D eigenvalue weighted by molar-refractivity contribution is -0.385. The largest absolute Gasteiger partial charge is 0.347 e. The highest BCUT2D eigenvalue weighted by Crippen LogP contribution is 2.25. The predicted molar refractivity (Wildman–Crippen MR) is 70.0 cm³/mol. The molecule has 1 fully saturated rings. The van der Waals surface area contributed by atoms with E-state index in [-0.39, 0.29) is 17.6 Å². The molecule has 1 aromatic heterocycles. The van der Waals surface area contributed by atoms with Gasteiger partial charge in [-0.15, -0.1) is 0 Å². The molecule has 7 nitrogen and oxygen atoms in total. The van der Waals surface area contributed by atoms with Crippen LogP contribution in [0.15, 0.2) is 18.3 Å². The Morgan fingerprint density at radius 3 is 2.79 bits per heavy atom. The van der Waals surface area contributed by atoms with Gasteiger partial charge in [0.25, 0.3) is 5.69 Å². The molecule has 102 valence electrons. The van der Waals surface area contributed by atoms with Gasteiger partial charge in [-0.05, 0) is 18.9 Å². The summed E-state index contributed by atoms with van der Waals surface area (Å²) in [5.41, 5.74) is -0.0431. The number of carbonyl (C=O) groups excluding carboxylic acids is 1. The molecular weight excluding hydrogens is 248 g/mol. The normalized spacial score (nSPS) is 18.4. The van der Waals surface area contributed by atoms with Gasteiger partial charge in [0.1, 0.15) is 18.1 Å². The van der Waals surface area contributed by atoms with Crippen LogP contribution in [0.5, 0.6) is 0 Å². The van der Waals surface area contributed by atoms with Crippen LogP contribution in [0.2, 0.25) is 0 Å². The van der Waals surface area contributed by atoms with Crippen molar-refractivity contribution in [2.45, 2.75) is 18.9 Å². The Labute approximate surface area is 111 Å². The lowest BCUT2D eigenvalue weighted by Crippen LogP contribution is -2.43. The molecule has 1 atom stereocenters. The molecule has 7 heteroatoms. The zero-order valence-electron chi connectivity index (χ0n) is 10.9. The fraction of sp³-hybridized carbons (Fsp3) is 0.500. The Balaban J connectivity index is 2.20. The second kappa shape index (κ2) is 5.21. The Hall–Kier alpha value is -2.18. The third-order valence-corrected chi connectivity index (χ3v) is 3.22. The SMILES string of the molecule is CN(C)C(=O)C1CCCN1c1ccc([N+](=O)[O-])cn1. The lowest BCUT2D eigenvalue weighted by Gasteiger charge is -2.26. The minimum Gasteiger partial charge on any atom is -0.347 e. The Kier molecular flexibility index (Phi) is 3.64. The van der Waals surface area contributed by atoms with E-state index >= 15 is 0 Å². The molecule has 0 aromatic carbocycles. The molecule has 0 spiro atoms. The number of anilines is 1. The minimum atomic E-state index is -0.483. The first-order chi connectivity index (χ1) is 9.00. The van der Waals surface area contributed by atoms with Gasteiger partial charge in [0.15, 0.2) is 0 Å². The smallest absolute Gasteiger partial charge is 0.287 e. The predicted octanol–water partition coefficient (Wildman–Crippen LogP) is 1.05. The average Bonchev–Trinajstić information content (AvgIpc) is 2.86. The monoisotopic (exact) mass is 264 g/mol. The summed E-state index contributed by atoms with van der Waals surface area (Å²) in [5.74, 6) is 0.654. The summed E-state index contributed by atoms with van der Waals surface area (Å²) in [6.45, 7) is 0.745. The zero-order chi connectivity index (χ0) is 14.0. The number of rotatable bonds is 3. The third-order valence-electron chi connectivity index (χ3n) is 3.22. The fourth-order valence-electron chi connectivity index (χ4n) is 2.25. The minimum absolute atomic E-state index is 0.0395. The van der Waals surface area contributed by atoms with Crippen molar-refractivity contribution in [3.8, 4) is 0 Å². The van der Waals surface area contributed by atoms with Crippen molar-refractivity contribution >= 4 is 17.4 Å². The van der Waals surface area contributed by atoms with Gasteiger partial charge < -0.3 is 9.80 Å². The first-order valence-corrected chi connectivity index (χ1v) is 6.09. The van der Waals surface area contributed by atoms with Crippen LogP contribution in [-0.2, 0) is 4.79 Å². The molecule has 1 aromatic rings. The molecule has 0 saturated carbocycles. The standard InChI is InChI=1S/C12H16N4O3/c1-14(2)12(17)10-4-3-7-15(10)11-6-5-9(8-13-11)16(18)19/h5-6,8,10H,3-4,7H2,1-2H3. The summed E-state index contributed by atoms with van der Waals surface area (Å²) in [5, 5.41) is 10.6. The van der Waals surface area contributed by atoms with E-state index in [1.165, 1.54) is 12.3 Å². The molecule has 0 radical (unpaired) electrons. The third kappa shape index (κ3) is 2.64. The van der Waals surface area contributed by atoms with E-state index in [9.17, 15) is 14.9 Å². The van der Waals surface area contributed by atoms with Gasteiger partial charge in [0, 0.05) is 26.7 Å². The van der Waals surface area contributed by atoms with Crippen molar-refractivity contribution in [2.24, 2.45) is 0 Å². The number of pyridine rings is 1. The van der Waals surface area contributed by atoms with Crippen molar-refractivity contribution in [3.63, 3.8) is 0 Å². The van der Waals surface area contributed by atoms with Crippen molar-refractivity contribution in [2.75, 3.05) is 25.5 Å². The topological polar surface area (TPSA) is 79.6 Å². The van der Waals surface area contributed by atoms with Crippen LogP contribution in [0.3, 0.4) is 0 Å². The summed E-state index contributed by atoms with van der Waals surface area (Å²) in [6, 6.07) is 2.79. The molecule has 1 aliphatic rings. The first-order valence-electron chi connectivity index (χ1n) is 6.09. The number of hydrogen-bond acceptors (Lipinski definition) is 5. The van der Waals surface area contributed by atoms with Gasteiger partial charge in [-0.1, -0.05) is 0 Å². The second-order valence-electron chi connectivity index (χ2n) is 4.72. The first kappa shape index (κ1) is 13.3. The molecule has 0 bridgehead atoms. The van der Waals surface area contributed by atoms with Crippen molar-refractivity contribution in [3.05, 3.63) is 28.4 Å². The number of aromatic nitrogens is 1. The number of hydrogen-bond donors (Lipinski definition) is 0. The quantitative estimate of drug-likeness (QED) is 0.602. The molecule has 1 aliphatic heterocycles. The van der Waals surface area contributed by atoms with Crippen molar-refractivity contribution in [1.82, 2.24) is 9.88 Å². The Bertz CT molecular complexity index is 486. The summed E-state index contributed by atoms with van der Waals surface area (Å²) in [4.78, 5) is 29.7. The summed E-state index contributed by atoms with van der Waals surface area (Å²) in [7, 11) is 3.45. The highest BCUT2D eigenvalue weighted by molar-refractivity contribution is 5.85. The van der Waals surface area contributed by atoms with Gasteiger partial charge in [0.05, 0.1) is 4.92 Å². The number of carbonyl (C=O) groups is 1. The number of likely N-dealkylation sites (N-methyl/N-ethyl adjacent to an activating group) is 1. The molecule has 0 aliphatic carbocycles. The molecule has 19 heavy (non-hydrogen) atoms. The van der Waals surface area contributed by atoms with Crippen LogP contribution in [0.1, 0.15) is 12.8 Å². The number of nitrogens with zero attached hydrogens (tertiary/aromatic N) is 4. The van der Waals surface area contributed by atoms with Crippen molar-refractivity contribution < 1.29 is 9.72 Å². The van der Waals surface area contributed by atoms with Crippen molar-refractivity contribution in [1.29, 1.82) is 0 Å². The molecule has 0 N–H and O–H groups in total. The maximum Gasteiger partial charge on any atom is 0.287 e. The Morgan fingerprint density at radius 2 is 2.26 bits per heavy atom. The molecule has 1 unspecified atom stereocenters. The van der Waals surface area contributed by atoms with Crippen LogP contribution in [-0.4, -0.2) is 47.4 Å². The van der Waals surface area contributed by atoms with E-state index in [0.717, 1.165) is 19.4 Å². The van der Waals surface area contributed by atoms with E-state index in [0.29, 0.717) is 5.82 Å². The summed E-state index contributed by atoms with van der Waals surface area (Å²) >= 11 is 0. The van der Waals surface area contributed by atoms with E-state index in [4.69, 9.17) is 0 Å². The van der Waals surface area contributed by atoms with Crippen LogP contribution in [0.25, 0.3) is 0 Å². The van der Waals surface area contributed by atoms with Gasteiger partial charge >= 0.3 is 0 Å². The zero-order valence-corrected chi connectivity index (χ0v) is 10.9. The van der Waals surface area contributed by atoms with Gasteiger partial charge in [0.2, 0.25) is 5.91 Å². The van der Waals surface area contributed by atoms with Crippen LogP contribution >= 0.6 is 0 Å². The summed E-state index contributed by atoms with van der Waals surface area (Å²) < 4.78 is 0. The highest BCUT2D eigenvalue weighted by atomic mass is 16.6. The van der Waals surface area contributed by atoms with Gasteiger partial charge in [-0.3, -0.25) is 14.9 Å². The molecule has 2 rings (SSSR count). The van der Waals surface area contributed by atoms with Gasteiger partial charge in [-0.25, -0.2) is 4.98 Å². The fourth-order valence-corrected chi connectivity index (χ4v) is 2.25. The Morgan fingerprint density at radius 1 is 1.53 bits per heavy atom. The van der Waals surface area contributed by atoms with E-state index in [2.05, 4.69) is 4.98 Å². The van der Waals surface area contributed by atoms with Gasteiger partial charge in [-0.2, -0.15) is 0 Å². The summed E-state index contributed by atoms with van der Waals surface area (Å²) in [6.07, 6.45) is 2.93. The molecule has 2 heterocycles. The number of amides is 1. The maximum absolute atomic E-state index is 12.1.